The molecule has 0 saturated carbocycles. The zero-order valence-electron chi connectivity index (χ0n) is 6.57. The molecule has 1 heterocycles. The molecule has 0 aliphatic carbocycles. The van der Waals surface area contributed by atoms with E-state index in [4.69, 9.17) is 16.7 Å². The molecular formula is C7H9ClN2O2. The quantitative estimate of drug-likeness (QED) is 0.784. The van der Waals surface area contributed by atoms with Crippen LogP contribution in [0.25, 0.3) is 0 Å². The lowest BCUT2D eigenvalue weighted by Gasteiger charge is -2.08. The maximum Gasteiger partial charge on any atom is 0.328 e. The van der Waals surface area contributed by atoms with Gasteiger partial charge in [0.15, 0.2) is 0 Å². The summed E-state index contributed by atoms with van der Waals surface area (Å²) in [6.07, 6.45) is 3.42. The highest BCUT2D eigenvalue weighted by molar-refractivity contribution is 6.30. The van der Waals surface area contributed by atoms with E-state index in [1.807, 2.05) is 0 Å². The van der Waals surface area contributed by atoms with Gasteiger partial charge in [0.2, 0.25) is 0 Å². The van der Waals surface area contributed by atoms with Gasteiger partial charge in [-0.2, -0.15) is 5.10 Å². The van der Waals surface area contributed by atoms with Crippen molar-refractivity contribution in [3.63, 3.8) is 0 Å². The first-order chi connectivity index (χ1) is 5.65. The molecule has 0 spiro atoms. The SMILES string of the molecule is CC[C@@H](C(=O)O)n1cc(Cl)cn1. The first kappa shape index (κ1) is 9.06. The molecule has 0 radical (unpaired) electrons. The second-order valence-corrected chi connectivity index (χ2v) is 2.84. The summed E-state index contributed by atoms with van der Waals surface area (Å²) in [7, 11) is 0. The molecule has 5 heteroatoms. The molecule has 4 nitrogen and oxygen atoms in total. The molecule has 1 aromatic heterocycles. The van der Waals surface area contributed by atoms with Gasteiger partial charge in [0.1, 0.15) is 6.04 Å². The maximum atomic E-state index is 10.6. The number of carboxylic acids is 1. The first-order valence-electron chi connectivity index (χ1n) is 3.57. The van der Waals surface area contributed by atoms with E-state index < -0.39 is 12.0 Å². The van der Waals surface area contributed by atoms with Crippen LogP contribution < -0.4 is 0 Å². The Bertz CT molecular complexity index is 285. The molecule has 1 atom stereocenters. The van der Waals surface area contributed by atoms with E-state index in [1.54, 1.807) is 6.92 Å². The van der Waals surface area contributed by atoms with Crippen molar-refractivity contribution >= 4 is 17.6 Å². The van der Waals surface area contributed by atoms with Gasteiger partial charge < -0.3 is 5.11 Å². The van der Waals surface area contributed by atoms with Crippen molar-refractivity contribution in [3.8, 4) is 0 Å². The summed E-state index contributed by atoms with van der Waals surface area (Å²) in [6, 6.07) is -0.613. The van der Waals surface area contributed by atoms with Crippen LogP contribution in [0.2, 0.25) is 5.02 Å². The zero-order valence-corrected chi connectivity index (χ0v) is 7.32. The number of rotatable bonds is 3. The smallest absolute Gasteiger partial charge is 0.328 e. The molecule has 0 aliphatic rings. The summed E-state index contributed by atoms with van der Waals surface area (Å²) in [5.74, 6) is -0.891. The van der Waals surface area contributed by atoms with E-state index in [0.29, 0.717) is 11.4 Å². The van der Waals surface area contributed by atoms with Gasteiger partial charge in [0.05, 0.1) is 11.2 Å². The van der Waals surface area contributed by atoms with Gasteiger partial charge in [-0.1, -0.05) is 18.5 Å². The predicted octanol–water partition coefficient (Wildman–Crippen LogP) is 1.57. The third kappa shape index (κ3) is 1.76. The average Bonchev–Trinajstić information content (AvgIpc) is 2.37. The molecule has 1 N–H and O–H groups in total. The Morgan fingerprint density at radius 1 is 1.92 bits per heavy atom. The van der Waals surface area contributed by atoms with Crippen molar-refractivity contribution in [2.24, 2.45) is 0 Å². The van der Waals surface area contributed by atoms with Crippen molar-refractivity contribution in [2.75, 3.05) is 0 Å². The Labute approximate surface area is 74.8 Å². The van der Waals surface area contributed by atoms with Gasteiger partial charge in [-0.15, -0.1) is 0 Å². The Balaban J connectivity index is 2.87. The molecule has 1 rings (SSSR count). The minimum Gasteiger partial charge on any atom is -0.480 e. The van der Waals surface area contributed by atoms with Gasteiger partial charge in [-0.3, -0.25) is 4.68 Å². The highest BCUT2D eigenvalue weighted by Gasteiger charge is 2.17. The van der Waals surface area contributed by atoms with Gasteiger partial charge in [0, 0.05) is 6.20 Å². The van der Waals surface area contributed by atoms with E-state index in [2.05, 4.69) is 5.10 Å². The minimum atomic E-state index is -0.891. The summed E-state index contributed by atoms with van der Waals surface area (Å²) in [5.41, 5.74) is 0. The van der Waals surface area contributed by atoms with Crippen LogP contribution >= 0.6 is 11.6 Å². The van der Waals surface area contributed by atoms with Crippen LogP contribution in [-0.4, -0.2) is 20.9 Å². The molecule has 0 unspecified atom stereocenters. The third-order valence-electron chi connectivity index (χ3n) is 1.56. The highest BCUT2D eigenvalue weighted by Crippen LogP contribution is 2.13. The largest absolute Gasteiger partial charge is 0.480 e. The predicted molar refractivity (Wildman–Crippen MR) is 44.2 cm³/mol. The Morgan fingerprint density at radius 3 is 2.92 bits per heavy atom. The van der Waals surface area contributed by atoms with Gasteiger partial charge in [0.25, 0.3) is 0 Å². The summed E-state index contributed by atoms with van der Waals surface area (Å²) < 4.78 is 1.35. The van der Waals surface area contributed by atoms with Crippen molar-refractivity contribution < 1.29 is 9.90 Å². The zero-order chi connectivity index (χ0) is 9.14. The second kappa shape index (κ2) is 3.58. The Morgan fingerprint density at radius 2 is 2.58 bits per heavy atom. The number of aromatic nitrogens is 2. The summed E-state index contributed by atoms with van der Waals surface area (Å²) in [4.78, 5) is 10.6. The summed E-state index contributed by atoms with van der Waals surface area (Å²) in [6.45, 7) is 1.79. The van der Waals surface area contributed by atoms with Gasteiger partial charge in [-0.25, -0.2) is 4.79 Å². The lowest BCUT2D eigenvalue weighted by atomic mass is 10.2. The van der Waals surface area contributed by atoms with Crippen molar-refractivity contribution in [3.05, 3.63) is 17.4 Å². The maximum absolute atomic E-state index is 10.6. The van der Waals surface area contributed by atoms with Crippen LogP contribution in [0.5, 0.6) is 0 Å². The van der Waals surface area contributed by atoms with E-state index in [9.17, 15) is 4.79 Å². The van der Waals surface area contributed by atoms with E-state index in [-0.39, 0.29) is 0 Å². The van der Waals surface area contributed by atoms with Crippen LogP contribution in [0.1, 0.15) is 19.4 Å². The van der Waals surface area contributed by atoms with E-state index in [0.717, 1.165) is 0 Å². The summed E-state index contributed by atoms with van der Waals surface area (Å²) in [5, 5.41) is 13.0. The van der Waals surface area contributed by atoms with Crippen molar-refractivity contribution in [2.45, 2.75) is 19.4 Å². The molecule has 12 heavy (non-hydrogen) atoms. The number of hydrogen-bond donors (Lipinski definition) is 1. The molecular weight excluding hydrogens is 180 g/mol. The first-order valence-corrected chi connectivity index (χ1v) is 3.95. The normalized spacial score (nSPS) is 12.8. The van der Waals surface area contributed by atoms with Gasteiger partial charge >= 0.3 is 5.97 Å². The monoisotopic (exact) mass is 188 g/mol. The number of hydrogen-bond acceptors (Lipinski definition) is 2. The van der Waals surface area contributed by atoms with Crippen LogP contribution in [0, 0.1) is 0 Å². The minimum absolute atomic E-state index is 0.453. The average molecular weight is 189 g/mol. The van der Waals surface area contributed by atoms with Crippen LogP contribution in [0.4, 0.5) is 0 Å². The molecule has 0 fully saturated rings. The second-order valence-electron chi connectivity index (χ2n) is 2.40. The number of halogens is 1. The van der Waals surface area contributed by atoms with E-state index >= 15 is 0 Å². The standard InChI is InChI=1S/C7H9ClN2O2/c1-2-6(7(11)12)10-4-5(8)3-9-10/h3-4,6H,2H2,1H3,(H,11,12)/t6-/m0/s1. The highest BCUT2D eigenvalue weighted by atomic mass is 35.5. The molecule has 0 amide bonds. The van der Waals surface area contributed by atoms with Crippen LogP contribution in [0.15, 0.2) is 12.4 Å². The number of carboxylic acid groups (broad SMARTS) is 1. The lowest BCUT2D eigenvalue weighted by Crippen LogP contribution is -2.18. The fourth-order valence-electron chi connectivity index (χ4n) is 0.960. The van der Waals surface area contributed by atoms with Crippen LogP contribution in [0.3, 0.4) is 0 Å². The molecule has 66 valence electrons. The van der Waals surface area contributed by atoms with E-state index in [1.165, 1.54) is 17.1 Å². The summed E-state index contributed by atoms with van der Waals surface area (Å²) >= 11 is 5.59. The van der Waals surface area contributed by atoms with Crippen LogP contribution in [-0.2, 0) is 4.79 Å². The molecule has 1 aromatic rings. The number of carbonyl (C=O) groups is 1. The fourth-order valence-corrected chi connectivity index (χ4v) is 1.10. The molecule has 0 saturated heterocycles. The Hall–Kier alpha value is -1.03. The number of nitrogens with zero attached hydrogens (tertiary/aromatic N) is 2. The van der Waals surface area contributed by atoms with Gasteiger partial charge in [-0.05, 0) is 6.42 Å². The molecule has 0 aliphatic heterocycles. The molecule has 0 bridgehead atoms. The van der Waals surface area contributed by atoms with Crippen molar-refractivity contribution in [1.82, 2.24) is 9.78 Å². The fraction of sp³-hybridized carbons (Fsp3) is 0.429. The van der Waals surface area contributed by atoms with Crippen molar-refractivity contribution in [1.29, 1.82) is 0 Å². The number of aliphatic carboxylic acids is 1. The Kier molecular flexibility index (Phi) is 2.70. The molecule has 0 aromatic carbocycles. The lowest BCUT2D eigenvalue weighted by molar-refractivity contribution is -0.141. The topological polar surface area (TPSA) is 55.1 Å². The third-order valence-corrected chi connectivity index (χ3v) is 1.76.